The lowest BCUT2D eigenvalue weighted by Gasteiger charge is -2.50. The summed E-state index contributed by atoms with van der Waals surface area (Å²) in [5.41, 5.74) is -1.69. The van der Waals surface area contributed by atoms with Gasteiger partial charge in [-0.05, 0) is 85.7 Å². The summed E-state index contributed by atoms with van der Waals surface area (Å²) in [6, 6.07) is 5.45. The van der Waals surface area contributed by atoms with Gasteiger partial charge in [-0.2, -0.15) is 15.2 Å². The predicted molar refractivity (Wildman–Crippen MR) is 210 cm³/mol. The molecular weight excluding hydrogens is 768 g/mol. The van der Waals surface area contributed by atoms with Crippen molar-refractivity contribution in [2.75, 3.05) is 56.7 Å². The van der Waals surface area contributed by atoms with Gasteiger partial charge in [0, 0.05) is 35.5 Å². The molecule has 4 aromatic rings. The number of likely N-dealkylation sites (N-methyl/N-ethyl adjacent to an activating group) is 1. The van der Waals surface area contributed by atoms with E-state index in [1.54, 1.807) is 31.7 Å². The first kappa shape index (κ1) is 39.7. The number of hydrogen-bond donors (Lipinski definition) is 1. The highest BCUT2D eigenvalue weighted by Crippen LogP contribution is 2.47. The molecule has 3 atom stereocenters. The molecule has 2 unspecified atom stereocenters. The largest absolute Gasteiger partial charge is 0.462 e. The van der Waals surface area contributed by atoms with Crippen LogP contribution in [-0.4, -0.2) is 108 Å². The smallest absolute Gasteiger partial charge is 0.412 e. The summed E-state index contributed by atoms with van der Waals surface area (Å²) in [6.45, 7) is 12.8. The normalized spacial score (nSPS) is 20.3. The minimum absolute atomic E-state index is 0.0180. The Balaban J connectivity index is 1.36. The third kappa shape index (κ3) is 7.87. The molecule has 0 spiro atoms. The van der Waals surface area contributed by atoms with Crippen molar-refractivity contribution in [3.63, 3.8) is 0 Å². The van der Waals surface area contributed by atoms with Gasteiger partial charge in [0.2, 0.25) is 0 Å². The average Bonchev–Trinajstić information content (AvgIpc) is 3.68. The van der Waals surface area contributed by atoms with Crippen LogP contribution in [0.25, 0.3) is 32.1 Å². The Morgan fingerprint density at radius 2 is 1.79 bits per heavy atom. The van der Waals surface area contributed by atoms with Crippen molar-refractivity contribution in [1.82, 2.24) is 19.8 Å². The zero-order chi connectivity index (χ0) is 40.3. The van der Waals surface area contributed by atoms with Crippen LogP contribution in [0.15, 0.2) is 18.2 Å². The summed E-state index contributed by atoms with van der Waals surface area (Å²) in [4.78, 5) is 41.2. The Morgan fingerprint density at radius 3 is 2.41 bits per heavy atom. The van der Waals surface area contributed by atoms with Crippen LogP contribution in [0.3, 0.4) is 0 Å². The number of thiophene rings is 1. The maximum atomic E-state index is 17.4. The van der Waals surface area contributed by atoms with E-state index in [1.165, 1.54) is 6.07 Å². The number of fused-ring (bicyclic) bond motifs is 4. The number of nitrogens with one attached hydrogen (secondary N) is 1. The van der Waals surface area contributed by atoms with E-state index in [0.29, 0.717) is 11.2 Å². The van der Waals surface area contributed by atoms with Crippen LogP contribution in [0, 0.1) is 23.0 Å². The first-order chi connectivity index (χ1) is 26.4. The number of anilines is 2. The second-order valence-corrected chi connectivity index (χ2v) is 17.8. The minimum atomic E-state index is -0.836. The third-order valence-corrected chi connectivity index (χ3v) is 11.3. The quantitative estimate of drug-likeness (QED) is 0.203. The highest BCUT2D eigenvalue weighted by atomic mass is 35.5. The van der Waals surface area contributed by atoms with Crippen LogP contribution in [0.4, 0.5) is 29.2 Å². The van der Waals surface area contributed by atoms with Crippen molar-refractivity contribution < 1.29 is 37.3 Å². The van der Waals surface area contributed by atoms with Gasteiger partial charge in [-0.25, -0.2) is 18.4 Å². The average molecular weight is 812 g/mol. The molecule has 3 fully saturated rings. The van der Waals surface area contributed by atoms with Crippen LogP contribution < -0.4 is 15.0 Å². The molecule has 7 rings (SSSR count). The maximum Gasteiger partial charge on any atom is 0.412 e. The fourth-order valence-electron chi connectivity index (χ4n) is 7.48. The summed E-state index contributed by atoms with van der Waals surface area (Å²) >= 11 is 7.83. The van der Waals surface area contributed by atoms with E-state index in [9.17, 15) is 14.9 Å². The van der Waals surface area contributed by atoms with Gasteiger partial charge in [0.15, 0.2) is 5.82 Å². The fraction of sp³-hybridized carbons (Fsp3) is 0.513. The number of carbonyl (C=O) groups is 2. The molecule has 1 N–H and O–H groups in total. The fourth-order valence-corrected chi connectivity index (χ4v) is 8.85. The second kappa shape index (κ2) is 15.1. The number of nitriles is 1. The van der Waals surface area contributed by atoms with E-state index >= 15 is 8.78 Å². The summed E-state index contributed by atoms with van der Waals surface area (Å²) in [7, 11) is 2.02. The molecular formula is C39H44ClF2N7O6S. The first-order valence-corrected chi connectivity index (χ1v) is 19.6. The van der Waals surface area contributed by atoms with Gasteiger partial charge in [-0.1, -0.05) is 17.7 Å². The number of morpholine rings is 1. The van der Waals surface area contributed by atoms with Gasteiger partial charge >= 0.3 is 18.2 Å². The molecule has 2 amide bonds. The number of piperazine rings is 1. The highest BCUT2D eigenvalue weighted by molar-refractivity contribution is 7.23. The molecule has 5 heterocycles. The number of amides is 2. The lowest BCUT2D eigenvalue weighted by Crippen LogP contribution is -2.66. The van der Waals surface area contributed by atoms with Crippen LogP contribution in [0.1, 0.15) is 59.9 Å². The highest BCUT2D eigenvalue weighted by Gasteiger charge is 2.43. The Kier molecular flexibility index (Phi) is 10.7. The van der Waals surface area contributed by atoms with Gasteiger partial charge in [0.05, 0.1) is 40.6 Å². The van der Waals surface area contributed by atoms with Gasteiger partial charge < -0.3 is 33.6 Å². The van der Waals surface area contributed by atoms with Gasteiger partial charge in [0.1, 0.15) is 46.0 Å². The number of likely N-dealkylation sites (tertiary alicyclic amines) is 1. The number of ether oxygens (including phenoxy) is 4. The van der Waals surface area contributed by atoms with Crippen molar-refractivity contribution in [2.45, 2.75) is 83.7 Å². The Bertz CT molecular complexity index is 2240. The second-order valence-electron chi connectivity index (χ2n) is 16.3. The molecule has 0 radical (unpaired) electrons. The first-order valence-electron chi connectivity index (χ1n) is 18.4. The topological polar surface area (TPSA) is 142 Å². The molecule has 3 aliphatic heterocycles. The molecule has 3 aliphatic rings. The standard InChI is InChI=1S/C39H44ClF2N7O6S/c1-38(2,3)54-36(50)46-34-25(14-43)28-23(10-11-27(41)32(28)56-34)29-26(40)13-24-31(30(29)42)44-35(53-19-20-9-8-12-47(20)7)45-33(24)49-21-15-48(16-22(49)18-52-17-21)37(51)55-39(4,5)6/h10-11,13,20-22H,8-9,12,15-19H2,1-7H3,(H,46,50)/t20-,21?,22?/m0/s1. The summed E-state index contributed by atoms with van der Waals surface area (Å²) < 4.78 is 56.1. The van der Waals surface area contributed by atoms with Gasteiger partial charge in [0.25, 0.3) is 0 Å². The zero-order valence-corrected chi connectivity index (χ0v) is 33.9. The summed E-state index contributed by atoms with van der Waals surface area (Å²) in [5, 5.41) is 13.2. The molecule has 56 heavy (non-hydrogen) atoms. The molecule has 2 bridgehead atoms. The molecule has 0 saturated carbocycles. The molecule has 17 heteroatoms. The summed E-state index contributed by atoms with van der Waals surface area (Å²) in [5.74, 6) is -1.14. The molecule has 298 valence electrons. The predicted octanol–water partition coefficient (Wildman–Crippen LogP) is 7.96. The maximum absolute atomic E-state index is 17.4. The number of rotatable bonds is 6. The number of nitrogens with zero attached hydrogens (tertiary/aromatic N) is 6. The molecule has 3 saturated heterocycles. The lowest BCUT2D eigenvalue weighted by molar-refractivity contribution is -0.0107. The van der Waals surface area contributed by atoms with E-state index in [1.807, 2.05) is 32.7 Å². The summed E-state index contributed by atoms with van der Waals surface area (Å²) in [6.07, 6.45) is 0.669. The van der Waals surface area contributed by atoms with E-state index < -0.39 is 35.0 Å². The van der Waals surface area contributed by atoms with Crippen LogP contribution >= 0.6 is 22.9 Å². The number of carbonyl (C=O) groups excluding carboxylic acids is 2. The van der Waals surface area contributed by atoms with E-state index in [-0.39, 0.29) is 99.4 Å². The van der Waals surface area contributed by atoms with Crippen LogP contribution in [0.2, 0.25) is 5.02 Å². The van der Waals surface area contributed by atoms with Crippen molar-refractivity contribution in [3.8, 4) is 23.2 Å². The number of halogens is 3. The third-order valence-electron chi connectivity index (χ3n) is 9.87. The van der Waals surface area contributed by atoms with Crippen LogP contribution in [-0.2, 0) is 14.2 Å². The van der Waals surface area contributed by atoms with Crippen molar-refractivity contribution in [1.29, 1.82) is 5.26 Å². The van der Waals surface area contributed by atoms with Crippen LogP contribution in [0.5, 0.6) is 6.01 Å². The minimum Gasteiger partial charge on any atom is -0.462 e. The molecule has 2 aromatic carbocycles. The van der Waals surface area contributed by atoms with Gasteiger partial charge in [-0.3, -0.25) is 5.32 Å². The van der Waals surface area contributed by atoms with Crippen molar-refractivity contribution in [2.24, 2.45) is 0 Å². The molecule has 13 nitrogen and oxygen atoms in total. The van der Waals surface area contributed by atoms with Gasteiger partial charge in [-0.15, -0.1) is 11.3 Å². The number of aromatic nitrogens is 2. The Hall–Kier alpha value is -4.56. The van der Waals surface area contributed by atoms with Crippen molar-refractivity contribution >= 4 is 66.9 Å². The molecule has 0 aliphatic carbocycles. The van der Waals surface area contributed by atoms with E-state index in [0.717, 1.165) is 36.8 Å². The lowest BCUT2D eigenvalue weighted by atomic mass is 9.96. The zero-order valence-electron chi connectivity index (χ0n) is 32.3. The SMILES string of the molecule is CN1CCC[C@H]1COc1nc(N2C3COCC2CN(C(=O)OC(C)(C)C)C3)c2cc(Cl)c(-c3ccc(F)c4sc(NC(=O)OC(C)(C)C)c(C#N)c34)c(F)c2n1. The number of benzene rings is 2. The number of hydrogen-bond acceptors (Lipinski definition) is 12. The van der Waals surface area contributed by atoms with E-state index in [2.05, 4.69) is 21.3 Å². The van der Waals surface area contributed by atoms with E-state index in [4.69, 9.17) is 35.5 Å². The Morgan fingerprint density at radius 1 is 1.09 bits per heavy atom. The molecule has 2 aromatic heterocycles. The monoisotopic (exact) mass is 811 g/mol. The Labute approximate surface area is 332 Å². The van der Waals surface area contributed by atoms with Crippen molar-refractivity contribution in [3.05, 3.63) is 40.4 Å².